The molecular weight excluding hydrogens is 498 g/mol. The molecule has 174 valence electrons. The van der Waals surface area contributed by atoms with E-state index in [0.717, 1.165) is 20.6 Å². The number of likely N-dealkylation sites (N-methyl/N-ethyl adjacent to an activating group) is 1. The molecule has 2 amide bonds. The molecule has 8 nitrogen and oxygen atoms in total. The summed E-state index contributed by atoms with van der Waals surface area (Å²) in [6.45, 7) is 3.49. The summed E-state index contributed by atoms with van der Waals surface area (Å²) in [6, 6.07) is 13.1. The molecule has 2 rings (SSSR count). The molecule has 10 heteroatoms. The molecule has 0 unspecified atom stereocenters. The number of carbonyl (C=O) groups excluding carboxylic acids is 2. The van der Waals surface area contributed by atoms with Crippen molar-refractivity contribution in [1.29, 1.82) is 0 Å². The first-order chi connectivity index (χ1) is 15.1. The lowest BCUT2D eigenvalue weighted by atomic mass is 10.1. The monoisotopic (exact) mass is 525 g/mol. The zero-order valence-electron chi connectivity index (χ0n) is 18.5. The van der Waals surface area contributed by atoms with Gasteiger partial charge in [-0.05, 0) is 43.7 Å². The molecule has 0 saturated heterocycles. The van der Waals surface area contributed by atoms with E-state index in [1.807, 2.05) is 24.3 Å². The largest absolute Gasteiger partial charge is 0.495 e. The molecule has 2 aromatic rings. The van der Waals surface area contributed by atoms with Crippen LogP contribution < -0.4 is 14.4 Å². The molecule has 2 aromatic carbocycles. The molecule has 0 spiro atoms. The van der Waals surface area contributed by atoms with E-state index in [1.165, 1.54) is 12.0 Å². The van der Waals surface area contributed by atoms with Crippen LogP contribution in [0.25, 0.3) is 0 Å². The summed E-state index contributed by atoms with van der Waals surface area (Å²) in [6.07, 6.45) is 1.03. The fraction of sp³-hybridized carbons (Fsp3) is 0.364. The number of ether oxygens (including phenoxy) is 1. The topological polar surface area (TPSA) is 96.0 Å². The number of rotatable bonds is 10. The third-order valence-electron chi connectivity index (χ3n) is 4.79. The highest BCUT2D eigenvalue weighted by Gasteiger charge is 2.30. The lowest BCUT2D eigenvalue weighted by molar-refractivity contribution is -0.139. The van der Waals surface area contributed by atoms with Crippen LogP contribution in [0, 0.1) is 0 Å². The van der Waals surface area contributed by atoms with Crippen molar-refractivity contribution in [3.63, 3.8) is 0 Å². The van der Waals surface area contributed by atoms with Crippen LogP contribution in [0.15, 0.2) is 53.0 Å². The molecule has 0 aliphatic rings. The van der Waals surface area contributed by atoms with Crippen LogP contribution in [0.1, 0.15) is 19.4 Å². The quantitative estimate of drug-likeness (QED) is 0.514. The van der Waals surface area contributed by atoms with Gasteiger partial charge >= 0.3 is 0 Å². The molecule has 0 bridgehead atoms. The Bertz CT molecular complexity index is 1060. The lowest BCUT2D eigenvalue weighted by Crippen LogP contribution is -2.51. The fourth-order valence-corrected chi connectivity index (χ4v) is 4.47. The summed E-state index contributed by atoms with van der Waals surface area (Å²) >= 11 is 3.41. The van der Waals surface area contributed by atoms with E-state index in [0.29, 0.717) is 12.3 Å². The van der Waals surface area contributed by atoms with Crippen molar-refractivity contribution in [2.75, 3.05) is 30.8 Å². The number of hydrogen-bond acceptors (Lipinski definition) is 5. The summed E-state index contributed by atoms with van der Waals surface area (Å²) in [4.78, 5) is 27.3. The number of nitrogens with one attached hydrogen (secondary N) is 1. The highest BCUT2D eigenvalue weighted by molar-refractivity contribution is 9.10. The van der Waals surface area contributed by atoms with Crippen LogP contribution in [-0.4, -0.2) is 57.6 Å². The smallest absolute Gasteiger partial charge is 0.244 e. The van der Waals surface area contributed by atoms with Gasteiger partial charge in [0.2, 0.25) is 21.8 Å². The molecule has 0 heterocycles. The molecule has 0 aliphatic heterocycles. The second kappa shape index (κ2) is 11.3. The Labute approximate surface area is 197 Å². The zero-order valence-corrected chi connectivity index (χ0v) is 20.9. The number of halogens is 1. The summed E-state index contributed by atoms with van der Waals surface area (Å²) in [5.41, 5.74) is 1.05. The number of hydrogen-bond donors (Lipinski definition) is 1. The maximum Gasteiger partial charge on any atom is 0.244 e. The van der Waals surface area contributed by atoms with Gasteiger partial charge in [0.25, 0.3) is 0 Å². The van der Waals surface area contributed by atoms with E-state index in [2.05, 4.69) is 21.2 Å². The van der Waals surface area contributed by atoms with Crippen LogP contribution in [0.5, 0.6) is 5.75 Å². The van der Waals surface area contributed by atoms with Crippen molar-refractivity contribution >= 4 is 43.5 Å². The van der Waals surface area contributed by atoms with Crippen molar-refractivity contribution in [3.8, 4) is 5.75 Å². The highest BCUT2D eigenvalue weighted by atomic mass is 79.9. The average Bonchev–Trinajstić information content (AvgIpc) is 2.74. The number of para-hydroxylation sites is 2. The van der Waals surface area contributed by atoms with E-state index in [-0.39, 0.29) is 18.1 Å². The average molecular weight is 526 g/mol. The number of carbonyl (C=O) groups is 2. The zero-order chi connectivity index (χ0) is 23.9. The maximum atomic E-state index is 13.4. The number of benzene rings is 2. The van der Waals surface area contributed by atoms with Crippen molar-refractivity contribution < 1.29 is 22.7 Å². The van der Waals surface area contributed by atoms with Crippen LogP contribution >= 0.6 is 15.9 Å². The van der Waals surface area contributed by atoms with Crippen LogP contribution in [0.3, 0.4) is 0 Å². The van der Waals surface area contributed by atoms with E-state index in [9.17, 15) is 18.0 Å². The number of amides is 2. The van der Waals surface area contributed by atoms with Crippen molar-refractivity contribution in [1.82, 2.24) is 10.2 Å². The van der Waals surface area contributed by atoms with E-state index < -0.39 is 28.5 Å². The normalized spacial score (nSPS) is 12.0. The molecule has 1 atom stereocenters. The summed E-state index contributed by atoms with van der Waals surface area (Å²) in [5, 5.41) is 2.72. The maximum absolute atomic E-state index is 13.4. The van der Waals surface area contributed by atoms with Gasteiger partial charge in [0.05, 0.1) is 19.1 Å². The molecule has 0 radical (unpaired) electrons. The lowest BCUT2D eigenvalue weighted by Gasteiger charge is -2.31. The van der Waals surface area contributed by atoms with E-state index in [1.54, 1.807) is 38.1 Å². The predicted molar refractivity (Wildman–Crippen MR) is 128 cm³/mol. The molecule has 0 fully saturated rings. The molecule has 1 N–H and O–H groups in total. The third-order valence-corrected chi connectivity index (χ3v) is 6.41. The number of nitrogens with zero attached hydrogens (tertiary/aromatic N) is 2. The minimum absolute atomic E-state index is 0.139. The minimum atomic E-state index is -3.82. The first-order valence-corrected chi connectivity index (χ1v) is 12.6. The first kappa shape index (κ1) is 25.7. The third kappa shape index (κ3) is 6.70. The van der Waals surface area contributed by atoms with Gasteiger partial charge in [0.15, 0.2) is 0 Å². The Morgan fingerprint density at radius 3 is 2.44 bits per heavy atom. The second-order valence-electron chi connectivity index (χ2n) is 7.16. The minimum Gasteiger partial charge on any atom is -0.495 e. The summed E-state index contributed by atoms with van der Waals surface area (Å²) < 4.78 is 32.3. The molecule has 0 aromatic heterocycles. The SMILES string of the molecule is CCNC(=O)[C@H](C)N(Cc1cccc(Br)c1)C(=O)CN(c1ccccc1OC)S(C)(=O)=O. The molecule has 0 aliphatic carbocycles. The van der Waals surface area contributed by atoms with Crippen LogP contribution in [-0.2, 0) is 26.2 Å². The van der Waals surface area contributed by atoms with Crippen LogP contribution in [0.2, 0.25) is 0 Å². The number of anilines is 1. The molecular formula is C22H28BrN3O5S. The summed E-state index contributed by atoms with van der Waals surface area (Å²) in [7, 11) is -2.39. The Hall–Kier alpha value is -2.59. The Balaban J connectivity index is 2.42. The van der Waals surface area contributed by atoms with Crippen molar-refractivity contribution in [3.05, 3.63) is 58.6 Å². The summed E-state index contributed by atoms with van der Waals surface area (Å²) in [5.74, 6) is -0.514. The van der Waals surface area contributed by atoms with Gasteiger partial charge in [-0.3, -0.25) is 13.9 Å². The second-order valence-corrected chi connectivity index (χ2v) is 9.99. The molecule has 32 heavy (non-hydrogen) atoms. The van der Waals surface area contributed by atoms with Crippen molar-refractivity contribution in [2.24, 2.45) is 0 Å². The van der Waals surface area contributed by atoms with Gasteiger partial charge in [-0.25, -0.2) is 8.42 Å². The number of sulfonamides is 1. The molecule has 0 saturated carbocycles. The van der Waals surface area contributed by atoms with Gasteiger partial charge in [-0.1, -0.05) is 40.2 Å². The van der Waals surface area contributed by atoms with E-state index in [4.69, 9.17) is 4.74 Å². The number of methoxy groups -OCH3 is 1. The van der Waals surface area contributed by atoms with Crippen LogP contribution in [0.4, 0.5) is 5.69 Å². The van der Waals surface area contributed by atoms with Crippen molar-refractivity contribution in [2.45, 2.75) is 26.4 Å². The van der Waals surface area contributed by atoms with Gasteiger partial charge in [-0.2, -0.15) is 0 Å². The van der Waals surface area contributed by atoms with E-state index >= 15 is 0 Å². The van der Waals surface area contributed by atoms with Gasteiger partial charge in [-0.15, -0.1) is 0 Å². The standard InChI is InChI=1S/C22H28BrN3O5S/c1-5-24-22(28)16(2)25(14-17-9-8-10-18(23)13-17)21(27)15-26(32(4,29)30)19-11-6-7-12-20(19)31-3/h6-13,16H,5,14-15H2,1-4H3,(H,24,28)/t16-/m0/s1. The Morgan fingerprint density at radius 1 is 1.16 bits per heavy atom. The van der Waals surface area contributed by atoms with Gasteiger partial charge in [0, 0.05) is 17.6 Å². The Morgan fingerprint density at radius 2 is 1.84 bits per heavy atom. The van der Waals surface area contributed by atoms with Gasteiger partial charge < -0.3 is 15.0 Å². The Kier molecular flexibility index (Phi) is 9.09. The highest BCUT2D eigenvalue weighted by Crippen LogP contribution is 2.29. The predicted octanol–water partition coefficient (Wildman–Crippen LogP) is 2.78. The van der Waals surface area contributed by atoms with Gasteiger partial charge in [0.1, 0.15) is 18.3 Å². The first-order valence-electron chi connectivity index (χ1n) is 10.0. The fourth-order valence-electron chi connectivity index (χ4n) is 3.17.